The average molecular weight is 547 g/mol. The molecule has 8 heteroatoms. The third-order valence-electron chi connectivity index (χ3n) is 5.70. The summed E-state index contributed by atoms with van der Waals surface area (Å²) in [6.07, 6.45) is 10.6. The Morgan fingerprint density at radius 3 is 1.61 bits per heavy atom. The van der Waals surface area contributed by atoms with Crippen molar-refractivity contribution in [1.29, 1.82) is 0 Å². The molecule has 165 valence electrons. The third-order valence-corrected chi connectivity index (χ3v) is 62.7. The maximum atomic E-state index is 14.6. The first kappa shape index (κ1) is 26.6. The molecule has 0 spiro atoms. The van der Waals surface area contributed by atoms with Crippen molar-refractivity contribution in [3.8, 4) is 0 Å². The second kappa shape index (κ2) is 11.3. The summed E-state index contributed by atoms with van der Waals surface area (Å²) in [6.45, 7) is 6.83. The fourth-order valence-corrected chi connectivity index (χ4v) is 52.8. The Kier molecular flexibility index (Phi) is 10.7. The first-order valence-corrected chi connectivity index (χ1v) is 27.6. The van der Waals surface area contributed by atoms with Gasteiger partial charge < -0.3 is 0 Å². The normalized spacial score (nSPS) is 16.9. The number of rotatable bonds is 14. The van der Waals surface area contributed by atoms with E-state index in [0.717, 1.165) is 19.3 Å². The summed E-state index contributed by atoms with van der Waals surface area (Å²) in [4.78, 5) is 0. The van der Waals surface area contributed by atoms with E-state index in [1.54, 1.807) is 6.08 Å². The van der Waals surface area contributed by atoms with Crippen LogP contribution in [0.5, 0.6) is 0 Å². The van der Waals surface area contributed by atoms with Crippen molar-refractivity contribution in [3.63, 3.8) is 0 Å². The van der Waals surface area contributed by atoms with Crippen LogP contribution in [-0.4, -0.2) is 34.3 Å². The number of hydrogen-bond acceptors (Lipinski definition) is 3. The Labute approximate surface area is 171 Å². The van der Waals surface area contributed by atoms with Gasteiger partial charge in [-0.05, 0) is 0 Å². The minimum atomic E-state index is -5.76. The molecule has 0 aromatic rings. The Bertz CT molecular complexity index is 518. The van der Waals surface area contributed by atoms with E-state index >= 15 is 0 Å². The topological polar surface area (TPSA) is 27.7 Å². The molecule has 0 radical (unpaired) electrons. The number of alkyl halides is 3. The number of halogens is 3. The number of hydrogen-bond donors (Lipinski definition) is 0. The van der Waals surface area contributed by atoms with Gasteiger partial charge in [0.15, 0.2) is 0 Å². The SMILES string of the molecule is CCCC[O][Zr]([O]CCCC)([O]CCCC)([C]1=CC=CC1)[Ge]([CH3])([CH3])[C](F)(F)F. The Morgan fingerprint density at radius 2 is 1.32 bits per heavy atom. The van der Waals surface area contributed by atoms with Crippen LogP contribution in [0.25, 0.3) is 0 Å². The molecule has 3 nitrogen and oxygen atoms in total. The van der Waals surface area contributed by atoms with Gasteiger partial charge in [-0.15, -0.1) is 0 Å². The fraction of sp³-hybridized carbons (Fsp3) is 0.800. The molecule has 0 aromatic heterocycles. The van der Waals surface area contributed by atoms with Crippen LogP contribution in [0.1, 0.15) is 65.7 Å². The van der Waals surface area contributed by atoms with Crippen molar-refractivity contribution in [2.24, 2.45) is 0 Å². The van der Waals surface area contributed by atoms with E-state index in [2.05, 4.69) is 0 Å². The van der Waals surface area contributed by atoms with Crippen molar-refractivity contribution in [2.45, 2.75) is 82.2 Å². The Balaban J connectivity index is 3.64. The molecule has 1 aliphatic carbocycles. The van der Waals surface area contributed by atoms with Crippen molar-refractivity contribution in [1.82, 2.24) is 0 Å². The first-order valence-electron chi connectivity index (χ1n) is 10.6. The Hall–Kier alpha value is 0.576. The summed E-state index contributed by atoms with van der Waals surface area (Å²) in [5.74, 6) is 2.82. The van der Waals surface area contributed by atoms with Gasteiger partial charge in [0.25, 0.3) is 0 Å². The number of allylic oxidation sites excluding steroid dienone is 4. The van der Waals surface area contributed by atoms with E-state index in [1.807, 2.05) is 32.9 Å². The summed E-state index contributed by atoms with van der Waals surface area (Å²) in [5, 5.41) is -4.32. The molecule has 0 fully saturated rings. The molecule has 0 amide bonds. The van der Waals surface area contributed by atoms with Gasteiger partial charge in [-0.1, -0.05) is 0 Å². The van der Waals surface area contributed by atoms with E-state index in [4.69, 9.17) is 8.44 Å². The molecule has 0 saturated carbocycles. The van der Waals surface area contributed by atoms with Gasteiger partial charge in [0.05, 0.1) is 0 Å². The van der Waals surface area contributed by atoms with Crippen LogP contribution in [-0.2, 0) is 26.0 Å². The summed E-state index contributed by atoms with van der Waals surface area (Å²) in [5.41, 5.74) is 0. The van der Waals surface area contributed by atoms with Crippen LogP contribution in [0.2, 0.25) is 11.5 Å². The molecule has 28 heavy (non-hydrogen) atoms. The minimum absolute atomic E-state index is 0.266. The van der Waals surface area contributed by atoms with Crippen LogP contribution in [0.4, 0.5) is 13.2 Å². The zero-order chi connectivity index (χ0) is 21.3. The van der Waals surface area contributed by atoms with Crippen molar-refractivity contribution >= 4 is 9.48 Å². The van der Waals surface area contributed by atoms with Crippen molar-refractivity contribution in [3.05, 3.63) is 21.5 Å². The molecule has 1 rings (SSSR count). The molecule has 0 aromatic carbocycles. The molecule has 1 aliphatic rings. The molecule has 0 aliphatic heterocycles. The molecular weight excluding hydrogens is 509 g/mol. The molecule has 0 saturated heterocycles. The van der Waals surface area contributed by atoms with Gasteiger partial charge >= 0.3 is 172 Å². The van der Waals surface area contributed by atoms with Crippen molar-refractivity contribution in [2.75, 3.05) is 19.8 Å². The maximum absolute atomic E-state index is 14.6. The summed E-state index contributed by atoms with van der Waals surface area (Å²) < 4.78 is 63.8. The second-order valence-corrected chi connectivity index (χ2v) is 51.3. The molecular formula is C20H38F3GeO3Zr. The fourth-order valence-electron chi connectivity index (χ4n) is 3.56. The molecule has 0 atom stereocenters. The van der Waals surface area contributed by atoms with Gasteiger partial charge in [-0.25, -0.2) is 0 Å². The molecule has 0 heterocycles. The van der Waals surface area contributed by atoms with E-state index in [-0.39, 0.29) is 19.8 Å². The van der Waals surface area contributed by atoms with Crippen molar-refractivity contribution < 1.29 is 39.2 Å². The third kappa shape index (κ3) is 5.24. The van der Waals surface area contributed by atoms with E-state index in [1.165, 1.54) is 11.5 Å². The van der Waals surface area contributed by atoms with E-state index < -0.39 is 32.1 Å². The van der Waals surface area contributed by atoms with Crippen LogP contribution in [0.15, 0.2) is 21.5 Å². The van der Waals surface area contributed by atoms with Gasteiger partial charge in [0.2, 0.25) is 0 Å². The second-order valence-electron chi connectivity index (χ2n) is 8.04. The predicted molar refractivity (Wildman–Crippen MR) is 108 cm³/mol. The van der Waals surface area contributed by atoms with Crippen LogP contribution in [0.3, 0.4) is 0 Å². The predicted octanol–water partition coefficient (Wildman–Crippen LogP) is 7.02. The van der Waals surface area contributed by atoms with E-state index in [9.17, 15) is 13.2 Å². The monoisotopic (exact) mass is 547 g/mol. The summed E-state index contributed by atoms with van der Waals surface area (Å²) in [6, 6.07) is 0. The molecule has 0 unspecified atom stereocenters. The number of unbranched alkanes of at least 4 members (excludes halogenated alkanes) is 3. The quantitative estimate of drug-likeness (QED) is 0.173. The molecule has 0 bridgehead atoms. The average Bonchev–Trinajstić information content (AvgIpc) is 3.16. The van der Waals surface area contributed by atoms with Crippen LogP contribution >= 0.6 is 0 Å². The summed E-state index contributed by atoms with van der Waals surface area (Å²) in [7, 11) is -4.78. The zero-order valence-corrected chi connectivity index (χ0v) is 22.7. The van der Waals surface area contributed by atoms with Crippen LogP contribution in [0, 0.1) is 0 Å². The van der Waals surface area contributed by atoms with Gasteiger partial charge in [0.1, 0.15) is 0 Å². The Morgan fingerprint density at radius 1 is 0.893 bits per heavy atom. The molecule has 0 N–H and O–H groups in total. The summed E-state index contributed by atoms with van der Waals surface area (Å²) >= 11 is -5.76. The standard InChI is InChI=1S/C5H5.3C4H9O.C3H6F3Ge.Zr/c1-2-4-5-3-1;3*1-2-3-4-5;1-7(2)3(4,5)6;/h1-3H,4H2;3*2-4H2,1H3;1-2H3;/q;3*-1;;+3. The van der Waals surface area contributed by atoms with Gasteiger partial charge in [-0.3, -0.25) is 0 Å². The first-order chi connectivity index (χ1) is 13.1. The van der Waals surface area contributed by atoms with E-state index in [0.29, 0.717) is 29.0 Å². The van der Waals surface area contributed by atoms with Gasteiger partial charge in [0, 0.05) is 0 Å². The zero-order valence-electron chi connectivity index (χ0n) is 18.2. The van der Waals surface area contributed by atoms with Crippen LogP contribution < -0.4 is 0 Å². The van der Waals surface area contributed by atoms with Gasteiger partial charge in [-0.2, -0.15) is 0 Å².